The molecular formula is C14H18F3N3O2. The number of halogens is 3. The van der Waals surface area contributed by atoms with E-state index in [0.717, 1.165) is 12.1 Å². The zero-order chi connectivity index (χ0) is 17.1. The predicted molar refractivity (Wildman–Crippen MR) is 76.9 cm³/mol. The Kier molecular flexibility index (Phi) is 5.05. The van der Waals surface area contributed by atoms with Crippen molar-refractivity contribution in [2.45, 2.75) is 39.0 Å². The Morgan fingerprint density at radius 3 is 2.36 bits per heavy atom. The lowest BCUT2D eigenvalue weighted by Gasteiger charge is -2.21. The minimum atomic E-state index is -4.54. The summed E-state index contributed by atoms with van der Waals surface area (Å²) in [5, 5.41) is 9.51. The number of nitrogens with two attached hydrogens (primary N) is 1. The molecule has 0 unspecified atom stereocenters. The van der Waals surface area contributed by atoms with Gasteiger partial charge >= 0.3 is 12.3 Å². The first-order chi connectivity index (χ1) is 9.88. The van der Waals surface area contributed by atoms with Crippen molar-refractivity contribution >= 4 is 17.6 Å². The Bertz CT molecular complexity index is 578. The maximum atomic E-state index is 12.8. The fraction of sp³-hybridized carbons (Fsp3) is 0.429. The van der Waals surface area contributed by atoms with Crippen LogP contribution in [0.4, 0.5) is 23.7 Å². The van der Waals surface area contributed by atoms with E-state index >= 15 is 0 Å². The summed E-state index contributed by atoms with van der Waals surface area (Å²) < 4.78 is 43.3. The van der Waals surface area contributed by atoms with Gasteiger partial charge in [-0.15, -0.1) is 0 Å². The molecule has 8 heteroatoms. The molecule has 1 amide bonds. The summed E-state index contributed by atoms with van der Waals surface area (Å²) in [4.78, 5) is 11.7. The smallest absolute Gasteiger partial charge is 0.416 e. The average molecular weight is 317 g/mol. The number of carbonyl (C=O) groups excluding carboxylic acids is 1. The molecule has 0 fully saturated rings. The van der Waals surface area contributed by atoms with Crippen molar-refractivity contribution in [3.05, 3.63) is 29.3 Å². The second-order valence-electron chi connectivity index (χ2n) is 5.70. The molecule has 0 saturated heterocycles. The number of rotatable bonds is 3. The first kappa shape index (κ1) is 17.8. The largest absolute Gasteiger partial charge is 0.444 e. The first-order valence-corrected chi connectivity index (χ1v) is 6.41. The van der Waals surface area contributed by atoms with E-state index in [0.29, 0.717) is 5.56 Å². The molecule has 1 rings (SSSR count). The third-order valence-electron chi connectivity index (χ3n) is 2.45. The lowest BCUT2D eigenvalue weighted by atomic mass is 10.1. The van der Waals surface area contributed by atoms with E-state index in [-0.39, 0.29) is 17.9 Å². The normalized spacial score (nSPS) is 11.9. The molecule has 22 heavy (non-hydrogen) atoms. The SMILES string of the molecule is CC(C)(C)OC(=O)Nc1cc(C(F)(F)F)ccc1CC(=N)N. The number of amides is 1. The van der Waals surface area contributed by atoms with Crippen molar-refractivity contribution in [1.82, 2.24) is 0 Å². The van der Waals surface area contributed by atoms with E-state index in [9.17, 15) is 18.0 Å². The van der Waals surface area contributed by atoms with Gasteiger partial charge in [-0.2, -0.15) is 13.2 Å². The third-order valence-corrected chi connectivity index (χ3v) is 2.45. The summed E-state index contributed by atoms with van der Waals surface area (Å²) in [6.45, 7) is 4.90. The first-order valence-electron chi connectivity index (χ1n) is 6.41. The predicted octanol–water partition coefficient (Wildman–Crippen LogP) is 3.53. The van der Waals surface area contributed by atoms with Crippen LogP contribution in [0, 0.1) is 5.41 Å². The number of ether oxygens (including phenoxy) is 1. The van der Waals surface area contributed by atoms with Gasteiger partial charge in [-0.3, -0.25) is 10.7 Å². The molecule has 1 aromatic carbocycles. The molecule has 4 N–H and O–H groups in total. The molecule has 0 bridgehead atoms. The highest BCUT2D eigenvalue weighted by Crippen LogP contribution is 2.32. The Morgan fingerprint density at radius 2 is 1.91 bits per heavy atom. The zero-order valence-electron chi connectivity index (χ0n) is 12.5. The molecule has 0 aliphatic rings. The van der Waals surface area contributed by atoms with Gasteiger partial charge in [0.1, 0.15) is 5.60 Å². The summed E-state index contributed by atoms with van der Waals surface area (Å²) in [6, 6.07) is 2.84. The highest BCUT2D eigenvalue weighted by Gasteiger charge is 2.31. The molecule has 0 aliphatic heterocycles. The number of hydrogen-bond acceptors (Lipinski definition) is 3. The van der Waals surface area contributed by atoms with Crippen molar-refractivity contribution in [3.63, 3.8) is 0 Å². The molecular weight excluding hydrogens is 299 g/mol. The Morgan fingerprint density at radius 1 is 1.32 bits per heavy atom. The molecule has 5 nitrogen and oxygen atoms in total. The van der Waals surface area contributed by atoms with Crippen molar-refractivity contribution in [2.24, 2.45) is 5.73 Å². The maximum absolute atomic E-state index is 12.8. The summed E-state index contributed by atoms with van der Waals surface area (Å²) in [7, 11) is 0. The Hall–Kier alpha value is -2.25. The van der Waals surface area contributed by atoms with Gasteiger partial charge in [0.15, 0.2) is 0 Å². The van der Waals surface area contributed by atoms with Crippen molar-refractivity contribution in [1.29, 1.82) is 5.41 Å². The van der Waals surface area contributed by atoms with Crippen molar-refractivity contribution in [3.8, 4) is 0 Å². The van der Waals surface area contributed by atoms with E-state index in [1.54, 1.807) is 20.8 Å². The number of anilines is 1. The van der Waals surface area contributed by atoms with Gasteiger partial charge in [-0.1, -0.05) is 6.07 Å². The van der Waals surface area contributed by atoms with Crippen LogP contribution in [0.25, 0.3) is 0 Å². The number of hydrogen-bond donors (Lipinski definition) is 3. The minimum Gasteiger partial charge on any atom is -0.444 e. The molecule has 1 aromatic rings. The van der Waals surface area contributed by atoms with Gasteiger partial charge in [0.2, 0.25) is 0 Å². The van der Waals surface area contributed by atoms with Crippen LogP contribution in [0.2, 0.25) is 0 Å². The fourth-order valence-corrected chi connectivity index (χ4v) is 1.64. The average Bonchev–Trinajstić information content (AvgIpc) is 2.26. The van der Waals surface area contributed by atoms with Crippen LogP contribution < -0.4 is 11.1 Å². The fourth-order valence-electron chi connectivity index (χ4n) is 1.64. The lowest BCUT2D eigenvalue weighted by molar-refractivity contribution is -0.137. The standard InChI is InChI=1S/C14H18F3N3O2/c1-13(2,3)22-12(21)20-10-7-9(14(15,16)17)5-4-8(10)6-11(18)19/h4-5,7H,6H2,1-3H3,(H3,18,19)(H,20,21). The van der Waals surface area contributed by atoms with Gasteiger partial charge in [-0.25, -0.2) is 4.79 Å². The number of amidine groups is 1. The van der Waals surface area contributed by atoms with Crippen LogP contribution in [0.15, 0.2) is 18.2 Å². The third kappa shape index (κ3) is 5.63. The van der Waals surface area contributed by atoms with E-state index in [1.807, 2.05) is 0 Å². The number of carbonyl (C=O) groups is 1. The van der Waals surface area contributed by atoms with E-state index in [1.165, 1.54) is 6.07 Å². The molecule has 0 aromatic heterocycles. The molecule has 0 saturated carbocycles. The van der Waals surface area contributed by atoms with E-state index < -0.39 is 23.4 Å². The highest BCUT2D eigenvalue weighted by atomic mass is 19.4. The van der Waals surface area contributed by atoms with Crippen LogP contribution in [0.3, 0.4) is 0 Å². The highest BCUT2D eigenvalue weighted by molar-refractivity contribution is 5.88. The number of nitrogens with one attached hydrogen (secondary N) is 2. The summed E-state index contributed by atoms with van der Waals surface area (Å²) in [5.74, 6) is -0.230. The van der Waals surface area contributed by atoms with E-state index in [2.05, 4.69) is 5.32 Å². The molecule has 0 heterocycles. The van der Waals surface area contributed by atoms with Gasteiger partial charge < -0.3 is 10.5 Å². The summed E-state index contributed by atoms with van der Waals surface area (Å²) in [6.07, 6.45) is -5.50. The second-order valence-corrected chi connectivity index (χ2v) is 5.70. The van der Waals surface area contributed by atoms with Crippen molar-refractivity contribution in [2.75, 3.05) is 5.32 Å². The molecule has 122 valence electrons. The van der Waals surface area contributed by atoms with Crippen LogP contribution in [0.5, 0.6) is 0 Å². The van der Waals surface area contributed by atoms with Gasteiger partial charge in [0.25, 0.3) is 0 Å². The summed E-state index contributed by atoms with van der Waals surface area (Å²) >= 11 is 0. The second kappa shape index (κ2) is 6.25. The van der Waals surface area contributed by atoms with Crippen LogP contribution in [-0.4, -0.2) is 17.5 Å². The van der Waals surface area contributed by atoms with Gasteiger partial charge in [-0.05, 0) is 38.5 Å². The van der Waals surface area contributed by atoms with E-state index in [4.69, 9.17) is 15.9 Å². The van der Waals surface area contributed by atoms with Crippen LogP contribution in [0.1, 0.15) is 31.9 Å². The maximum Gasteiger partial charge on any atom is 0.416 e. The Labute approximate surface area is 126 Å². The zero-order valence-corrected chi connectivity index (χ0v) is 12.5. The Balaban J connectivity index is 3.11. The summed E-state index contributed by atoms with van der Waals surface area (Å²) in [5.41, 5.74) is 3.78. The molecule has 0 radical (unpaired) electrons. The number of alkyl halides is 3. The lowest BCUT2D eigenvalue weighted by Crippen LogP contribution is -2.28. The molecule has 0 aliphatic carbocycles. The quantitative estimate of drug-likeness (QED) is 0.588. The van der Waals surface area contributed by atoms with Crippen LogP contribution >= 0.6 is 0 Å². The topological polar surface area (TPSA) is 88.2 Å². The van der Waals surface area contributed by atoms with Gasteiger partial charge in [0.05, 0.1) is 11.4 Å². The van der Waals surface area contributed by atoms with Crippen molar-refractivity contribution < 1.29 is 22.7 Å². The number of benzene rings is 1. The molecule has 0 spiro atoms. The van der Waals surface area contributed by atoms with Crippen LogP contribution in [-0.2, 0) is 17.3 Å². The monoisotopic (exact) mass is 317 g/mol. The molecule has 0 atom stereocenters. The minimum absolute atomic E-state index is 0.0801. The van der Waals surface area contributed by atoms with Gasteiger partial charge in [0, 0.05) is 12.1 Å².